The molecule has 0 saturated heterocycles. The number of hydrogen-bond acceptors (Lipinski definition) is 5. The summed E-state index contributed by atoms with van der Waals surface area (Å²) < 4.78 is 43.0. The van der Waals surface area contributed by atoms with Crippen LogP contribution in [-0.2, 0) is 9.84 Å². The number of ether oxygens (including phenoxy) is 1. The van der Waals surface area contributed by atoms with Gasteiger partial charge in [0.15, 0.2) is 9.84 Å². The molecule has 0 bridgehead atoms. The third kappa shape index (κ3) is 4.92. The van der Waals surface area contributed by atoms with E-state index in [-0.39, 0.29) is 16.2 Å². The molecule has 0 saturated carbocycles. The second kappa shape index (κ2) is 8.34. The van der Waals surface area contributed by atoms with Crippen LogP contribution in [0.1, 0.15) is 10.4 Å². The third-order valence-corrected chi connectivity index (χ3v) is 6.10. The summed E-state index contributed by atoms with van der Waals surface area (Å²) in [5.41, 5.74) is -0.229. The van der Waals surface area contributed by atoms with E-state index in [0.29, 0.717) is 9.92 Å². The topological polar surface area (TPSA) is 60.4 Å². The van der Waals surface area contributed by atoms with Crippen molar-refractivity contribution in [1.29, 1.82) is 0 Å². The van der Waals surface area contributed by atoms with Gasteiger partial charge in [-0.15, -0.1) is 0 Å². The van der Waals surface area contributed by atoms with Crippen molar-refractivity contribution in [1.82, 2.24) is 0 Å². The molecule has 28 heavy (non-hydrogen) atoms. The maximum atomic E-state index is 14.4. The maximum Gasteiger partial charge on any atom is 0.347 e. The van der Waals surface area contributed by atoms with Gasteiger partial charge in [0, 0.05) is 21.1 Å². The average Bonchev–Trinajstić information content (AvgIpc) is 2.63. The zero-order valence-corrected chi connectivity index (χ0v) is 16.9. The Labute approximate surface area is 171 Å². The molecular formula is C20H14ClFO4S2. The average molecular weight is 437 g/mol. The minimum absolute atomic E-state index is 0.00194. The highest BCUT2D eigenvalue weighted by molar-refractivity contribution is 7.99. The van der Waals surface area contributed by atoms with Gasteiger partial charge in [-0.3, -0.25) is 0 Å². The standard InChI is InChI=1S/C20H14ClFO4S2/c1-28(24,25)16-5-2-4-14(12-16)26-20(23)19-17(22)6-3-7-18(19)27-15-10-8-13(21)9-11-15/h2-12H,1H3. The number of halogens is 2. The van der Waals surface area contributed by atoms with Gasteiger partial charge in [-0.05, 0) is 54.6 Å². The smallest absolute Gasteiger partial charge is 0.347 e. The van der Waals surface area contributed by atoms with Crippen LogP contribution in [0, 0.1) is 5.82 Å². The van der Waals surface area contributed by atoms with E-state index >= 15 is 0 Å². The van der Waals surface area contributed by atoms with E-state index in [1.54, 1.807) is 30.3 Å². The highest BCUT2D eigenvalue weighted by Gasteiger charge is 2.20. The zero-order valence-electron chi connectivity index (χ0n) is 14.6. The Bertz CT molecular complexity index is 1130. The van der Waals surface area contributed by atoms with Crippen LogP contribution in [0.4, 0.5) is 4.39 Å². The van der Waals surface area contributed by atoms with Crippen molar-refractivity contribution < 1.29 is 22.3 Å². The predicted octanol–water partition coefficient (Wildman–Crippen LogP) is 5.25. The van der Waals surface area contributed by atoms with Gasteiger partial charge in [0.05, 0.1) is 4.90 Å². The first-order valence-electron chi connectivity index (χ1n) is 7.98. The van der Waals surface area contributed by atoms with Crippen LogP contribution >= 0.6 is 23.4 Å². The van der Waals surface area contributed by atoms with E-state index in [0.717, 1.165) is 17.2 Å². The molecule has 0 heterocycles. The molecule has 0 radical (unpaired) electrons. The molecule has 0 spiro atoms. The van der Waals surface area contributed by atoms with Crippen LogP contribution in [-0.4, -0.2) is 20.6 Å². The van der Waals surface area contributed by atoms with Crippen LogP contribution in [0.25, 0.3) is 0 Å². The van der Waals surface area contributed by atoms with Gasteiger partial charge in [0.2, 0.25) is 0 Å². The quantitative estimate of drug-likeness (QED) is 0.403. The number of esters is 1. The van der Waals surface area contributed by atoms with Crippen molar-refractivity contribution in [2.24, 2.45) is 0 Å². The van der Waals surface area contributed by atoms with Crippen molar-refractivity contribution in [3.63, 3.8) is 0 Å². The Morgan fingerprint density at radius 1 is 1.04 bits per heavy atom. The fraction of sp³-hybridized carbons (Fsp3) is 0.0500. The summed E-state index contributed by atoms with van der Waals surface area (Å²) in [7, 11) is -3.47. The molecule has 0 aromatic heterocycles. The lowest BCUT2D eigenvalue weighted by Gasteiger charge is -2.11. The Balaban J connectivity index is 1.91. The fourth-order valence-electron chi connectivity index (χ4n) is 2.34. The van der Waals surface area contributed by atoms with Crippen molar-refractivity contribution >= 4 is 39.2 Å². The number of carbonyl (C=O) groups is 1. The second-order valence-electron chi connectivity index (χ2n) is 5.81. The Morgan fingerprint density at radius 2 is 1.71 bits per heavy atom. The summed E-state index contributed by atoms with van der Waals surface area (Å²) in [6, 6.07) is 16.6. The molecule has 0 aliphatic heterocycles. The SMILES string of the molecule is CS(=O)(=O)c1cccc(OC(=O)c2c(F)cccc2Sc2ccc(Cl)cc2)c1. The van der Waals surface area contributed by atoms with Gasteiger partial charge >= 0.3 is 5.97 Å². The van der Waals surface area contributed by atoms with Crippen molar-refractivity contribution in [2.45, 2.75) is 14.7 Å². The number of rotatable bonds is 5. The summed E-state index contributed by atoms with van der Waals surface area (Å²) in [4.78, 5) is 13.8. The molecule has 144 valence electrons. The minimum Gasteiger partial charge on any atom is -0.423 e. The predicted molar refractivity (Wildman–Crippen MR) is 106 cm³/mol. The largest absolute Gasteiger partial charge is 0.423 e. The molecule has 3 rings (SSSR count). The molecule has 3 aromatic rings. The number of hydrogen-bond donors (Lipinski definition) is 0. The first-order valence-corrected chi connectivity index (χ1v) is 11.1. The lowest BCUT2D eigenvalue weighted by atomic mass is 10.2. The molecule has 0 amide bonds. The summed E-state index contributed by atoms with van der Waals surface area (Å²) in [6.45, 7) is 0. The number of sulfone groups is 1. The van der Waals surface area contributed by atoms with E-state index in [4.69, 9.17) is 16.3 Å². The van der Waals surface area contributed by atoms with Crippen molar-refractivity contribution in [2.75, 3.05) is 6.26 Å². The monoisotopic (exact) mass is 436 g/mol. The number of benzene rings is 3. The molecule has 0 N–H and O–H groups in total. The second-order valence-corrected chi connectivity index (χ2v) is 9.37. The molecule has 0 aliphatic rings. The highest BCUT2D eigenvalue weighted by atomic mass is 35.5. The molecule has 0 fully saturated rings. The minimum atomic E-state index is -3.47. The molecule has 4 nitrogen and oxygen atoms in total. The molecule has 0 unspecified atom stereocenters. The van der Waals surface area contributed by atoms with Crippen LogP contribution in [0.15, 0.2) is 81.4 Å². The van der Waals surface area contributed by atoms with Gasteiger partial charge in [-0.1, -0.05) is 35.5 Å². The van der Waals surface area contributed by atoms with Gasteiger partial charge in [-0.2, -0.15) is 0 Å². The van der Waals surface area contributed by atoms with E-state index in [1.165, 1.54) is 42.1 Å². The fourth-order valence-corrected chi connectivity index (χ4v) is 4.08. The molecule has 0 atom stereocenters. The summed E-state index contributed by atoms with van der Waals surface area (Å²) >= 11 is 7.06. The normalized spacial score (nSPS) is 11.2. The number of carbonyl (C=O) groups excluding carboxylic acids is 1. The highest BCUT2D eigenvalue weighted by Crippen LogP contribution is 2.33. The van der Waals surface area contributed by atoms with E-state index in [9.17, 15) is 17.6 Å². The van der Waals surface area contributed by atoms with Crippen LogP contribution in [0.2, 0.25) is 5.02 Å². The molecule has 0 aliphatic carbocycles. The van der Waals surface area contributed by atoms with Gasteiger partial charge in [0.1, 0.15) is 17.1 Å². The first-order chi connectivity index (χ1) is 13.2. The molecule has 8 heteroatoms. The zero-order chi connectivity index (χ0) is 20.3. The molecule has 3 aromatic carbocycles. The van der Waals surface area contributed by atoms with E-state index in [1.807, 2.05) is 0 Å². The Hall–Kier alpha value is -2.35. The van der Waals surface area contributed by atoms with Crippen molar-refractivity contribution in [3.8, 4) is 5.75 Å². The van der Waals surface area contributed by atoms with Gasteiger partial charge in [0.25, 0.3) is 0 Å². The lowest BCUT2D eigenvalue weighted by molar-refractivity contribution is 0.0725. The lowest BCUT2D eigenvalue weighted by Crippen LogP contribution is -2.12. The first kappa shape index (κ1) is 20.4. The van der Waals surface area contributed by atoms with Crippen LogP contribution in [0.3, 0.4) is 0 Å². The molecular weight excluding hydrogens is 423 g/mol. The summed E-state index contributed by atoms with van der Waals surface area (Å²) in [5.74, 6) is -1.64. The van der Waals surface area contributed by atoms with Gasteiger partial charge in [-0.25, -0.2) is 17.6 Å². The van der Waals surface area contributed by atoms with Crippen LogP contribution in [0.5, 0.6) is 5.75 Å². The summed E-state index contributed by atoms with van der Waals surface area (Å²) in [5, 5.41) is 0.564. The Kier molecular flexibility index (Phi) is 6.07. The van der Waals surface area contributed by atoms with Crippen molar-refractivity contribution in [3.05, 3.63) is 83.1 Å². The van der Waals surface area contributed by atoms with E-state index < -0.39 is 21.6 Å². The van der Waals surface area contributed by atoms with Crippen LogP contribution < -0.4 is 4.74 Å². The van der Waals surface area contributed by atoms with Gasteiger partial charge < -0.3 is 4.74 Å². The maximum absolute atomic E-state index is 14.4. The summed E-state index contributed by atoms with van der Waals surface area (Å²) in [6.07, 6.45) is 1.05. The third-order valence-electron chi connectivity index (χ3n) is 3.67. The Morgan fingerprint density at radius 3 is 2.39 bits per heavy atom. The van der Waals surface area contributed by atoms with E-state index in [2.05, 4.69) is 0 Å².